The van der Waals surface area contributed by atoms with Crippen molar-refractivity contribution in [1.29, 1.82) is 0 Å². The smallest absolute Gasteiger partial charge is 0.123 e. The van der Waals surface area contributed by atoms with E-state index in [0.717, 1.165) is 18.5 Å². The Hall–Kier alpha value is -1.57. The first-order chi connectivity index (χ1) is 8.13. The third-order valence-corrected chi connectivity index (χ3v) is 2.56. The molecule has 1 aliphatic carbocycles. The zero-order valence-corrected chi connectivity index (χ0v) is 10.6. The molecule has 0 saturated carbocycles. The molecule has 1 nitrogen and oxygen atoms in total. The molecule has 1 aromatic carbocycles. The lowest BCUT2D eigenvalue weighted by Gasteiger charge is -1.95. The normalized spacial score (nSPS) is 12.9. The first-order valence-electron chi connectivity index (χ1n) is 5.94. The highest BCUT2D eigenvalue weighted by atomic mass is 19.1. The molecule has 1 N–H and O–H groups in total. The largest absolute Gasteiger partial charge is 0.366 e. The summed E-state index contributed by atoms with van der Waals surface area (Å²) in [4.78, 5) is 0. The summed E-state index contributed by atoms with van der Waals surface area (Å²) >= 11 is 0. The fourth-order valence-corrected chi connectivity index (χ4v) is 1.77. The van der Waals surface area contributed by atoms with E-state index >= 15 is 0 Å². The Morgan fingerprint density at radius 1 is 1.35 bits per heavy atom. The quantitative estimate of drug-likeness (QED) is 0.815. The molecule has 0 spiro atoms. The van der Waals surface area contributed by atoms with Crippen LogP contribution in [0.3, 0.4) is 0 Å². The monoisotopic (exact) mass is 233 g/mol. The lowest BCUT2D eigenvalue weighted by atomic mass is 10.1. The number of halogens is 1. The summed E-state index contributed by atoms with van der Waals surface area (Å²) in [5.74, 6) is -0.0966. The molecule has 92 valence electrons. The molecule has 0 fully saturated rings. The van der Waals surface area contributed by atoms with Crippen molar-refractivity contribution >= 4 is 0 Å². The van der Waals surface area contributed by atoms with Crippen LogP contribution in [0.1, 0.15) is 31.4 Å². The molecule has 0 amide bonds. The lowest BCUT2D eigenvalue weighted by Crippen LogP contribution is -1.97. The van der Waals surface area contributed by atoms with Gasteiger partial charge in [-0.15, -0.1) is 0 Å². The van der Waals surface area contributed by atoms with Crippen LogP contribution in [0.4, 0.5) is 4.39 Å². The van der Waals surface area contributed by atoms with Gasteiger partial charge in [-0.3, -0.25) is 0 Å². The minimum absolute atomic E-state index is 0.0966. The minimum atomic E-state index is -0.0966. The Labute approximate surface area is 103 Å². The molecule has 0 radical (unpaired) electrons. The maximum absolute atomic E-state index is 12.6. The van der Waals surface area contributed by atoms with Crippen LogP contribution in [0.25, 0.3) is 0 Å². The van der Waals surface area contributed by atoms with Gasteiger partial charge in [0.05, 0.1) is 0 Å². The van der Waals surface area contributed by atoms with Gasteiger partial charge in [0.2, 0.25) is 0 Å². The topological polar surface area (TPSA) is 12.0 Å². The molecule has 0 atom stereocenters. The summed E-state index contributed by atoms with van der Waals surface area (Å²) in [7, 11) is 0. The van der Waals surface area contributed by atoms with Crippen molar-refractivity contribution in [3.8, 4) is 0 Å². The summed E-state index contributed by atoms with van der Waals surface area (Å²) in [5.41, 5.74) is 3.51. The van der Waals surface area contributed by atoms with Crippen LogP contribution < -0.4 is 5.32 Å². The molecule has 0 aromatic heterocycles. The third kappa shape index (κ3) is 4.85. The Kier molecular flexibility index (Phi) is 5.47. The fraction of sp³-hybridized carbons (Fsp3) is 0.333. The maximum atomic E-state index is 12.6. The molecule has 0 saturated heterocycles. The summed E-state index contributed by atoms with van der Waals surface area (Å²) in [5, 5.41) is 2.92. The molecule has 17 heavy (non-hydrogen) atoms. The fourth-order valence-electron chi connectivity index (χ4n) is 1.77. The number of nitrogens with one attached hydrogen (secondary N) is 1. The SMILES string of the molecule is C=C(C)N/C=C/C.Fc1ccc2c(c1)CCC2. The van der Waals surface area contributed by atoms with Crippen LogP contribution in [0.2, 0.25) is 0 Å². The van der Waals surface area contributed by atoms with E-state index in [1.54, 1.807) is 12.1 Å². The van der Waals surface area contributed by atoms with Gasteiger partial charge in [0.25, 0.3) is 0 Å². The zero-order chi connectivity index (χ0) is 12.7. The second-order valence-electron chi connectivity index (χ2n) is 4.19. The van der Waals surface area contributed by atoms with Gasteiger partial charge in [0, 0.05) is 5.70 Å². The van der Waals surface area contributed by atoms with Gasteiger partial charge in [-0.1, -0.05) is 18.7 Å². The van der Waals surface area contributed by atoms with Crippen LogP contribution in [-0.4, -0.2) is 0 Å². The summed E-state index contributed by atoms with van der Waals surface area (Å²) < 4.78 is 12.6. The number of rotatable bonds is 2. The number of hydrogen-bond donors (Lipinski definition) is 1. The van der Waals surface area contributed by atoms with E-state index in [1.165, 1.54) is 17.5 Å². The van der Waals surface area contributed by atoms with Crippen LogP contribution in [0.15, 0.2) is 42.8 Å². The second-order valence-corrected chi connectivity index (χ2v) is 4.19. The van der Waals surface area contributed by atoms with E-state index in [4.69, 9.17) is 0 Å². The van der Waals surface area contributed by atoms with Crippen molar-refractivity contribution in [3.05, 3.63) is 59.7 Å². The maximum Gasteiger partial charge on any atom is 0.123 e. The summed E-state index contributed by atoms with van der Waals surface area (Å²) in [6.07, 6.45) is 7.17. The molecule has 1 aliphatic rings. The first kappa shape index (κ1) is 13.5. The van der Waals surface area contributed by atoms with E-state index in [9.17, 15) is 4.39 Å². The van der Waals surface area contributed by atoms with Gasteiger partial charge >= 0.3 is 0 Å². The number of fused-ring (bicyclic) bond motifs is 1. The van der Waals surface area contributed by atoms with Crippen molar-refractivity contribution in [2.45, 2.75) is 33.1 Å². The zero-order valence-electron chi connectivity index (χ0n) is 10.6. The van der Waals surface area contributed by atoms with Gasteiger partial charge in [0.15, 0.2) is 0 Å². The first-order valence-corrected chi connectivity index (χ1v) is 5.94. The van der Waals surface area contributed by atoms with Crippen LogP contribution in [0, 0.1) is 5.82 Å². The van der Waals surface area contributed by atoms with Gasteiger partial charge in [-0.05, 0) is 62.6 Å². The van der Waals surface area contributed by atoms with Crippen molar-refractivity contribution in [1.82, 2.24) is 5.32 Å². The molecule has 2 rings (SSSR count). The van der Waals surface area contributed by atoms with E-state index in [0.29, 0.717) is 0 Å². The van der Waals surface area contributed by atoms with E-state index in [-0.39, 0.29) is 5.82 Å². The number of benzene rings is 1. The Morgan fingerprint density at radius 3 is 2.65 bits per heavy atom. The van der Waals surface area contributed by atoms with E-state index in [2.05, 4.69) is 11.9 Å². The summed E-state index contributed by atoms with van der Waals surface area (Å²) in [6, 6.07) is 5.10. The number of aryl methyl sites for hydroxylation is 2. The van der Waals surface area contributed by atoms with Gasteiger partial charge < -0.3 is 5.32 Å². The Balaban J connectivity index is 0.000000185. The predicted molar refractivity (Wildman–Crippen MR) is 71.2 cm³/mol. The van der Waals surface area contributed by atoms with Crippen molar-refractivity contribution in [3.63, 3.8) is 0 Å². The molecule has 1 aromatic rings. The molecule has 0 bridgehead atoms. The molecule has 0 aliphatic heterocycles. The van der Waals surface area contributed by atoms with Crippen LogP contribution >= 0.6 is 0 Å². The van der Waals surface area contributed by atoms with Gasteiger partial charge in [-0.2, -0.15) is 0 Å². The highest BCUT2D eigenvalue weighted by molar-refractivity contribution is 5.31. The van der Waals surface area contributed by atoms with Crippen LogP contribution in [-0.2, 0) is 12.8 Å². The third-order valence-electron chi connectivity index (χ3n) is 2.56. The molecular formula is C15H20FN. The predicted octanol–water partition coefficient (Wildman–Crippen LogP) is 3.96. The highest BCUT2D eigenvalue weighted by Crippen LogP contribution is 2.21. The average Bonchev–Trinajstić information content (AvgIpc) is 2.74. The van der Waals surface area contributed by atoms with Crippen LogP contribution in [0.5, 0.6) is 0 Å². The second kappa shape index (κ2) is 6.89. The van der Waals surface area contributed by atoms with Gasteiger partial charge in [0.1, 0.15) is 5.82 Å². The van der Waals surface area contributed by atoms with Gasteiger partial charge in [-0.25, -0.2) is 4.39 Å². The lowest BCUT2D eigenvalue weighted by molar-refractivity contribution is 0.626. The Bertz CT molecular complexity index is 407. The van der Waals surface area contributed by atoms with Crippen molar-refractivity contribution < 1.29 is 4.39 Å². The van der Waals surface area contributed by atoms with E-state index in [1.807, 2.05) is 32.2 Å². The molecule has 0 heterocycles. The Morgan fingerprint density at radius 2 is 2.06 bits per heavy atom. The molecular weight excluding hydrogens is 213 g/mol. The summed E-state index contributed by atoms with van der Waals surface area (Å²) in [6.45, 7) is 7.50. The van der Waals surface area contributed by atoms with Crippen molar-refractivity contribution in [2.75, 3.05) is 0 Å². The number of allylic oxidation sites excluding steroid dienone is 2. The van der Waals surface area contributed by atoms with E-state index < -0.39 is 0 Å². The molecule has 0 unspecified atom stereocenters. The minimum Gasteiger partial charge on any atom is -0.366 e. The highest BCUT2D eigenvalue weighted by Gasteiger charge is 2.09. The van der Waals surface area contributed by atoms with Crippen molar-refractivity contribution in [2.24, 2.45) is 0 Å². The average molecular weight is 233 g/mol. The standard InChI is InChI=1S/C9H9F.C6H11N/c10-9-5-4-7-2-1-3-8(7)6-9;1-4-5-7-6(2)3/h4-6H,1-3H2;4-5,7H,2H2,1,3H3/b;5-4+. The molecule has 2 heteroatoms. The number of hydrogen-bond acceptors (Lipinski definition) is 1.